The number of ether oxygens (including phenoxy) is 1. The summed E-state index contributed by atoms with van der Waals surface area (Å²) in [5.74, 6) is 1.79. The number of pyridine rings is 1. The van der Waals surface area contributed by atoms with Crippen molar-refractivity contribution < 1.29 is 9.53 Å². The molecule has 0 radical (unpaired) electrons. The van der Waals surface area contributed by atoms with Gasteiger partial charge in [0, 0.05) is 24.8 Å². The predicted octanol–water partition coefficient (Wildman–Crippen LogP) is 5.06. The van der Waals surface area contributed by atoms with Gasteiger partial charge >= 0.3 is 0 Å². The van der Waals surface area contributed by atoms with Crippen LogP contribution in [-0.2, 0) is 4.79 Å². The molecule has 9 nitrogen and oxygen atoms in total. The van der Waals surface area contributed by atoms with Crippen molar-refractivity contribution in [3.8, 4) is 28.3 Å². The number of carbonyl (C=O) groups is 1. The van der Waals surface area contributed by atoms with Gasteiger partial charge in [-0.3, -0.25) is 9.78 Å². The van der Waals surface area contributed by atoms with Crippen LogP contribution in [0.4, 0.5) is 11.4 Å². The minimum absolute atomic E-state index is 0.121. The van der Waals surface area contributed by atoms with Crippen LogP contribution in [0.2, 0.25) is 0 Å². The number of hydrogen-bond donors (Lipinski definition) is 2. The molecule has 0 spiro atoms. The van der Waals surface area contributed by atoms with Gasteiger partial charge in [-0.25, -0.2) is 5.10 Å². The van der Waals surface area contributed by atoms with Crippen molar-refractivity contribution in [1.82, 2.24) is 25.6 Å². The van der Waals surface area contributed by atoms with Gasteiger partial charge in [-0.05, 0) is 57.7 Å². The molecule has 2 aromatic carbocycles. The average Bonchev–Trinajstić information content (AvgIpc) is 3.42. The van der Waals surface area contributed by atoms with E-state index in [0.29, 0.717) is 23.4 Å². The fourth-order valence-corrected chi connectivity index (χ4v) is 4.21. The molecule has 1 amide bonds. The Morgan fingerprint density at radius 2 is 1.76 bits per heavy atom. The molecule has 2 heterocycles. The maximum absolute atomic E-state index is 13.0. The molecule has 2 N–H and O–H groups in total. The van der Waals surface area contributed by atoms with Crippen molar-refractivity contribution >= 4 is 17.3 Å². The maximum atomic E-state index is 13.0. The molecular weight excluding hydrogens is 466 g/mol. The Balaban J connectivity index is 1.70. The zero-order chi connectivity index (χ0) is 26.2. The fourth-order valence-electron chi connectivity index (χ4n) is 4.21. The average molecular weight is 500 g/mol. The van der Waals surface area contributed by atoms with Crippen LogP contribution in [0.5, 0.6) is 5.75 Å². The van der Waals surface area contributed by atoms with E-state index in [1.165, 1.54) is 0 Å². The lowest BCUT2D eigenvalue weighted by Gasteiger charge is -2.31. The van der Waals surface area contributed by atoms with Crippen molar-refractivity contribution in [2.45, 2.75) is 27.7 Å². The first-order chi connectivity index (χ1) is 17.9. The van der Waals surface area contributed by atoms with Crippen molar-refractivity contribution in [1.29, 1.82) is 0 Å². The number of nitrogens with one attached hydrogen (secondary N) is 2. The van der Waals surface area contributed by atoms with Crippen LogP contribution in [0, 0.1) is 11.8 Å². The van der Waals surface area contributed by atoms with Gasteiger partial charge in [0.2, 0.25) is 0 Å². The number of aromatic amines is 1. The molecule has 4 rings (SSSR count). The summed E-state index contributed by atoms with van der Waals surface area (Å²) in [5.41, 5.74) is 4.46. The van der Waals surface area contributed by atoms with E-state index in [9.17, 15) is 4.79 Å². The van der Waals surface area contributed by atoms with Gasteiger partial charge in [0.25, 0.3) is 5.91 Å². The van der Waals surface area contributed by atoms with E-state index >= 15 is 0 Å². The Hall–Kier alpha value is -4.27. The van der Waals surface area contributed by atoms with Gasteiger partial charge in [0.05, 0.1) is 17.6 Å². The summed E-state index contributed by atoms with van der Waals surface area (Å²) in [6, 6.07) is 17.6. The summed E-state index contributed by atoms with van der Waals surface area (Å²) in [5, 5.41) is 17.5. The van der Waals surface area contributed by atoms with Gasteiger partial charge in [-0.15, -0.1) is 5.10 Å². The normalized spacial score (nSPS) is 11.1. The minimum atomic E-state index is -0.246. The van der Waals surface area contributed by atoms with Crippen LogP contribution >= 0.6 is 0 Å². The molecular formula is C28H33N7O2. The number of tetrazole rings is 1. The SMILES string of the molecule is CC(C)CN(CC(C)C)c1ccc(-c2ccccc2-c2nnn[nH]2)cc1NC(=O)COc1cccnc1. The van der Waals surface area contributed by atoms with Gasteiger partial charge in [0.15, 0.2) is 12.4 Å². The Morgan fingerprint density at radius 3 is 2.41 bits per heavy atom. The highest BCUT2D eigenvalue weighted by Gasteiger charge is 2.19. The van der Waals surface area contributed by atoms with E-state index in [1.54, 1.807) is 24.5 Å². The van der Waals surface area contributed by atoms with Crippen LogP contribution < -0.4 is 15.0 Å². The highest BCUT2D eigenvalue weighted by atomic mass is 16.5. The molecule has 0 fully saturated rings. The molecule has 0 saturated carbocycles. The minimum Gasteiger partial charge on any atom is -0.482 e. The summed E-state index contributed by atoms with van der Waals surface area (Å²) >= 11 is 0. The number of hydrogen-bond acceptors (Lipinski definition) is 7. The zero-order valence-electron chi connectivity index (χ0n) is 21.7. The van der Waals surface area contributed by atoms with Crippen LogP contribution in [0.3, 0.4) is 0 Å². The van der Waals surface area contributed by atoms with Crippen LogP contribution in [0.15, 0.2) is 67.0 Å². The van der Waals surface area contributed by atoms with Gasteiger partial charge in [-0.1, -0.05) is 58.0 Å². The standard InChI is InChI=1S/C28H33N7O2/c1-19(2)16-35(17-20(3)4)26-12-11-21(23-9-5-6-10-24(23)28-31-33-34-32-28)14-25(26)30-27(36)18-37-22-8-7-13-29-15-22/h5-15,19-20H,16-18H2,1-4H3,(H,30,36)(H,31,32,33,34). The highest BCUT2D eigenvalue weighted by molar-refractivity contribution is 5.97. The van der Waals surface area contributed by atoms with Crippen LogP contribution in [0.25, 0.3) is 22.5 Å². The third-order valence-corrected chi connectivity index (χ3v) is 5.63. The molecule has 0 aliphatic rings. The second-order valence-corrected chi connectivity index (χ2v) is 9.75. The summed E-state index contributed by atoms with van der Waals surface area (Å²) in [6.07, 6.45) is 3.25. The summed E-state index contributed by atoms with van der Waals surface area (Å²) in [7, 11) is 0. The molecule has 0 unspecified atom stereocenters. The van der Waals surface area contributed by atoms with Crippen molar-refractivity contribution in [3.05, 3.63) is 67.0 Å². The molecule has 0 aliphatic heterocycles. The topological polar surface area (TPSA) is 109 Å². The van der Waals surface area contributed by atoms with Crippen molar-refractivity contribution in [3.63, 3.8) is 0 Å². The number of aromatic nitrogens is 5. The second-order valence-electron chi connectivity index (χ2n) is 9.75. The van der Waals surface area contributed by atoms with Crippen molar-refractivity contribution in [2.75, 3.05) is 29.9 Å². The highest BCUT2D eigenvalue weighted by Crippen LogP contribution is 2.36. The van der Waals surface area contributed by atoms with E-state index in [1.807, 2.05) is 30.3 Å². The number of rotatable bonds is 11. The Labute approximate surface area is 217 Å². The van der Waals surface area contributed by atoms with Gasteiger partial charge in [0.1, 0.15) is 5.75 Å². The number of H-pyrrole nitrogens is 1. The first-order valence-electron chi connectivity index (χ1n) is 12.5. The quantitative estimate of drug-likeness (QED) is 0.297. The number of carbonyl (C=O) groups excluding carboxylic acids is 1. The molecule has 9 heteroatoms. The number of nitrogens with zero attached hydrogens (tertiary/aromatic N) is 5. The molecule has 2 aromatic heterocycles. The van der Waals surface area contributed by atoms with E-state index in [2.05, 4.69) is 75.7 Å². The molecule has 4 aromatic rings. The molecule has 0 atom stereocenters. The molecule has 37 heavy (non-hydrogen) atoms. The molecule has 0 bridgehead atoms. The Morgan fingerprint density at radius 1 is 1.00 bits per heavy atom. The summed E-state index contributed by atoms with van der Waals surface area (Å²) in [4.78, 5) is 19.4. The van der Waals surface area contributed by atoms with Gasteiger partial charge < -0.3 is 15.0 Å². The molecule has 0 aliphatic carbocycles. The fraction of sp³-hybridized carbons (Fsp3) is 0.321. The monoisotopic (exact) mass is 499 g/mol. The lowest BCUT2D eigenvalue weighted by Crippen LogP contribution is -2.32. The largest absolute Gasteiger partial charge is 0.482 e. The number of amides is 1. The Bertz CT molecular complexity index is 1280. The third-order valence-electron chi connectivity index (χ3n) is 5.63. The Kier molecular flexibility index (Phi) is 8.45. The zero-order valence-corrected chi connectivity index (χ0v) is 21.7. The predicted molar refractivity (Wildman–Crippen MR) is 145 cm³/mol. The second kappa shape index (κ2) is 12.1. The van der Waals surface area contributed by atoms with E-state index in [4.69, 9.17) is 4.74 Å². The van der Waals surface area contributed by atoms with Gasteiger partial charge in [-0.2, -0.15) is 0 Å². The van der Waals surface area contributed by atoms with E-state index < -0.39 is 0 Å². The maximum Gasteiger partial charge on any atom is 0.262 e. The number of anilines is 2. The first-order valence-corrected chi connectivity index (χ1v) is 12.5. The van der Waals surface area contributed by atoms with Crippen molar-refractivity contribution in [2.24, 2.45) is 11.8 Å². The lowest BCUT2D eigenvalue weighted by atomic mass is 9.97. The first kappa shape index (κ1) is 25.8. The number of benzene rings is 2. The van der Waals surface area contributed by atoms with Crippen LogP contribution in [0.1, 0.15) is 27.7 Å². The molecule has 0 saturated heterocycles. The van der Waals surface area contributed by atoms with E-state index in [-0.39, 0.29) is 12.5 Å². The lowest BCUT2D eigenvalue weighted by molar-refractivity contribution is -0.118. The summed E-state index contributed by atoms with van der Waals surface area (Å²) in [6.45, 7) is 10.4. The summed E-state index contributed by atoms with van der Waals surface area (Å²) < 4.78 is 5.64. The third kappa shape index (κ3) is 6.91. The smallest absolute Gasteiger partial charge is 0.262 e. The molecule has 192 valence electrons. The van der Waals surface area contributed by atoms with E-state index in [0.717, 1.165) is 41.2 Å². The van der Waals surface area contributed by atoms with Crippen LogP contribution in [-0.4, -0.2) is 51.2 Å².